The lowest BCUT2D eigenvalue weighted by molar-refractivity contribution is 0.0579. The highest BCUT2D eigenvalue weighted by Crippen LogP contribution is 2.28. The van der Waals surface area contributed by atoms with E-state index in [2.05, 4.69) is 15.9 Å². The Morgan fingerprint density at radius 1 is 1.47 bits per heavy atom. The molecule has 0 N–H and O–H groups in total. The molecule has 19 heavy (non-hydrogen) atoms. The number of amides is 1. The second-order valence-electron chi connectivity index (χ2n) is 5.11. The van der Waals surface area contributed by atoms with Crippen LogP contribution >= 0.6 is 27.5 Å². The Kier molecular flexibility index (Phi) is 5.28. The number of alkyl halides is 1. The van der Waals surface area contributed by atoms with Crippen molar-refractivity contribution in [3.05, 3.63) is 33.8 Å². The van der Waals surface area contributed by atoms with Gasteiger partial charge < -0.3 is 4.90 Å². The van der Waals surface area contributed by atoms with E-state index in [0.29, 0.717) is 11.9 Å². The van der Waals surface area contributed by atoms with Crippen LogP contribution < -0.4 is 0 Å². The van der Waals surface area contributed by atoms with Gasteiger partial charge in [-0.3, -0.25) is 4.79 Å². The monoisotopic (exact) mass is 343 g/mol. The molecule has 1 aromatic carbocycles. The minimum absolute atomic E-state index is 0.130. The van der Waals surface area contributed by atoms with Crippen LogP contribution in [-0.2, 0) is 0 Å². The first-order valence-electron chi connectivity index (χ1n) is 6.76. The van der Waals surface area contributed by atoms with E-state index in [1.54, 1.807) is 0 Å². The smallest absolute Gasteiger partial charge is 0.255 e. The Balaban J connectivity index is 2.19. The van der Waals surface area contributed by atoms with E-state index in [1.807, 2.05) is 30.0 Å². The second-order valence-corrected chi connectivity index (χ2v) is 6.34. The summed E-state index contributed by atoms with van der Waals surface area (Å²) in [6.07, 6.45) is 4.33. The molecule has 0 saturated heterocycles. The number of nitrogens with zero attached hydrogens (tertiary/aromatic N) is 1. The van der Waals surface area contributed by atoms with Gasteiger partial charge in [0.25, 0.3) is 5.91 Å². The van der Waals surface area contributed by atoms with Gasteiger partial charge in [-0.15, -0.1) is 11.6 Å². The molecule has 1 amide bonds. The molecule has 0 heterocycles. The summed E-state index contributed by atoms with van der Waals surface area (Å²) in [6, 6.07) is 6.32. The van der Waals surface area contributed by atoms with Gasteiger partial charge in [-0.05, 0) is 60.7 Å². The average Bonchev–Trinajstić information content (AvgIpc) is 2.34. The van der Waals surface area contributed by atoms with Crippen molar-refractivity contribution in [2.45, 2.75) is 38.6 Å². The van der Waals surface area contributed by atoms with E-state index in [-0.39, 0.29) is 5.91 Å². The maximum atomic E-state index is 12.7. The van der Waals surface area contributed by atoms with E-state index >= 15 is 0 Å². The lowest BCUT2D eigenvalue weighted by atomic mass is 9.90. The Morgan fingerprint density at radius 3 is 2.79 bits per heavy atom. The van der Waals surface area contributed by atoms with E-state index in [0.717, 1.165) is 41.4 Å². The van der Waals surface area contributed by atoms with E-state index in [1.165, 1.54) is 6.42 Å². The summed E-state index contributed by atoms with van der Waals surface area (Å²) in [5.74, 6) is 0.733. The van der Waals surface area contributed by atoms with Crippen molar-refractivity contribution in [2.24, 2.45) is 0 Å². The zero-order valence-electron chi connectivity index (χ0n) is 11.2. The van der Waals surface area contributed by atoms with E-state index in [9.17, 15) is 4.79 Å². The number of rotatable bonds is 5. The van der Waals surface area contributed by atoms with Crippen molar-refractivity contribution in [3.63, 3.8) is 0 Å². The predicted molar refractivity (Wildman–Crippen MR) is 82.9 cm³/mol. The maximum absolute atomic E-state index is 12.7. The minimum Gasteiger partial charge on any atom is -0.336 e. The molecule has 1 aliphatic carbocycles. The third kappa shape index (κ3) is 3.51. The summed E-state index contributed by atoms with van der Waals surface area (Å²) in [5.41, 5.74) is 1.87. The average molecular weight is 345 g/mol. The quantitative estimate of drug-likeness (QED) is 0.726. The Hall–Kier alpha value is -0.540. The summed E-state index contributed by atoms with van der Waals surface area (Å²) in [5, 5.41) is 0. The van der Waals surface area contributed by atoms with Crippen molar-refractivity contribution < 1.29 is 4.79 Å². The van der Waals surface area contributed by atoms with Gasteiger partial charge >= 0.3 is 0 Å². The molecule has 1 aromatic rings. The molecule has 0 radical (unpaired) electrons. The Labute approximate surface area is 128 Å². The Bertz CT molecular complexity index is 459. The van der Waals surface area contributed by atoms with Gasteiger partial charge in [0.05, 0.1) is 5.56 Å². The highest BCUT2D eigenvalue weighted by atomic mass is 79.9. The molecule has 0 aliphatic heterocycles. The van der Waals surface area contributed by atoms with Crippen LogP contribution in [0.25, 0.3) is 0 Å². The molecule has 0 aromatic heterocycles. The molecule has 0 atom stereocenters. The van der Waals surface area contributed by atoms with Crippen LogP contribution in [0, 0.1) is 6.92 Å². The first-order chi connectivity index (χ1) is 9.13. The normalized spacial score (nSPS) is 15.1. The summed E-state index contributed by atoms with van der Waals surface area (Å²) in [7, 11) is 0. The van der Waals surface area contributed by atoms with Gasteiger partial charge in [0, 0.05) is 22.9 Å². The van der Waals surface area contributed by atoms with Crippen molar-refractivity contribution in [3.8, 4) is 0 Å². The highest BCUT2D eigenvalue weighted by molar-refractivity contribution is 9.10. The molecule has 0 bridgehead atoms. The minimum atomic E-state index is 0.130. The van der Waals surface area contributed by atoms with Crippen LogP contribution in [0.3, 0.4) is 0 Å². The number of carbonyl (C=O) groups excluding carboxylic acids is 1. The number of aryl methyl sites for hydroxylation is 1. The summed E-state index contributed by atoms with van der Waals surface area (Å²) < 4.78 is 0.873. The lowest BCUT2D eigenvalue weighted by Gasteiger charge is -2.38. The maximum Gasteiger partial charge on any atom is 0.255 e. The first kappa shape index (κ1) is 14.9. The van der Waals surface area contributed by atoms with Crippen molar-refractivity contribution in [1.29, 1.82) is 0 Å². The molecule has 2 nitrogen and oxygen atoms in total. The van der Waals surface area contributed by atoms with Crippen LogP contribution in [0.1, 0.15) is 41.6 Å². The zero-order valence-corrected chi connectivity index (χ0v) is 13.5. The fraction of sp³-hybridized carbons (Fsp3) is 0.533. The van der Waals surface area contributed by atoms with Gasteiger partial charge in [-0.2, -0.15) is 0 Å². The van der Waals surface area contributed by atoms with Crippen LogP contribution in [0.2, 0.25) is 0 Å². The zero-order chi connectivity index (χ0) is 13.8. The molecule has 0 spiro atoms. The number of halogens is 2. The van der Waals surface area contributed by atoms with Gasteiger partial charge in [-0.25, -0.2) is 0 Å². The molecule has 0 unspecified atom stereocenters. The molecule has 1 aliphatic rings. The summed E-state index contributed by atoms with van der Waals surface area (Å²) >= 11 is 9.25. The first-order valence-corrected chi connectivity index (χ1v) is 8.09. The third-order valence-corrected chi connectivity index (χ3v) is 4.62. The molecule has 1 saturated carbocycles. The lowest BCUT2D eigenvalue weighted by Crippen LogP contribution is -2.45. The largest absolute Gasteiger partial charge is 0.336 e. The molecule has 104 valence electrons. The van der Waals surface area contributed by atoms with E-state index < -0.39 is 0 Å². The molecule has 1 fully saturated rings. The van der Waals surface area contributed by atoms with E-state index in [4.69, 9.17) is 11.6 Å². The van der Waals surface area contributed by atoms with Crippen LogP contribution in [-0.4, -0.2) is 29.3 Å². The predicted octanol–water partition coefficient (Wildman–Crippen LogP) is 4.38. The standard InChI is InChI=1S/C15H19BrClNO/c1-11-6-7-14(16)13(10-11)15(19)18(9-3-8-17)12-4-2-5-12/h6-7,10,12H,2-5,8-9H2,1H3. The van der Waals surface area contributed by atoms with Gasteiger partial charge in [-0.1, -0.05) is 11.6 Å². The van der Waals surface area contributed by atoms with Crippen LogP contribution in [0.4, 0.5) is 0 Å². The van der Waals surface area contributed by atoms with Gasteiger partial charge in [0.2, 0.25) is 0 Å². The van der Waals surface area contributed by atoms with Gasteiger partial charge in [0.1, 0.15) is 0 Å². The third-order valence-electron chi connectivity index (χ3n) is 3.66. The van der Waals surface area contributed by atoms with Crippen molar-refractivity contribution in [1.82, 2.24) is 4.90 Å². The fourth-order valence-corrected chi connectivity index (χ4v) is 2.87. The van der Waals surface area contributed by atoms with Crippen molar-refractivity contribution in [2.75, 3.05) is 12.4 Å². The SMILES string of the molecule is Cc1ccc(Br)c(C(=O)N(CCCCl)C2CCC2)c1. The number of carbonyl (C=O) groups is 1. The summed E-state index contributed by atoms with van der Waals surface area (Å²) in [4.78, 5) is 14.7. The summed E-state index contributed by atoms with van der Waals surface area (Å²) in [6.45, 7) is 2.77. The number of hydrogen-bond acceptors (Lipinski definition) is 1. The molecule has 2 rings (SSSR count). The molecule has 4 heteroatoms. The fourth-order valence-electron chi connectivity index (χ4n) is 2.34. The topological polar surface area (TPSA) is 20.3 Å². The van der Waals surface area contributed by atoms with Crippen molar-refractivity contribution >= 4 is 33.4 Å². The highest BCUT2D eigenvalue weighted by Gasteiger charge is 2.29. The van der Waals surface area contributed by atoms with Gasteiger partial charge in [0.15, 0.2) is 0 Å². The van der Waals surface area contributed by atoms with Crippen LogP contribution in [0.5, 0.6) is 0 Å². The number of hydrogen-bond donors (Lipinski definition) is 0. The second kappa shape index (κ2) is 6.76. The van der Waals surface area contributed by atoms with Crippen LogP contribution in [0.15, 0.2) is 22.7 Å². The number of benzene rings is 1. The molecular weight excluding hydrogens is 326 g/mol. The molecular formula is C15H19BrClNO. The Morgan fingerprint density at radius 2 is 2.21 bits per heavy atom.